The van der Waals surface area contributed by atoms with Gasteiger partial charge in [-0.3, -0.25) is 0 Å². The van der Waals surface area contributed by atoms with Crippen molar-refractivity contribution in [3.05, 3.63) is 68.1 Å². The van der Waals surface area contributed by atoms with Gasteiger partial charge in [0.2, 0.25) is 0 Å². The summed E-state index contributed by atoms with van der Waals surface area (Å²) >= 11 is 9.18. The molecule has 0 aromatic heterocycles. The summed E-state index contributed by atoms with van der Waals surface area (Å²) in [5.41, 5.74) is 1.58. The van der Waals surface area contributed by atoms with E-state index in [9.17, 15) is 26.3 Å². The van der Waals surface area contributed by atoms with Crippen LogP contribution in [0, 0.1) is 0 Å². The van der Waals surface area contributed by atoms with Gasteiger partial charge in [-0.25, -0.2) is 0 Å². The van der Waals surface area contributed by atoms with Crippen molar-refractivity contribution >= 4 is 33.2 Å². The number of halogens is 8. The van der Waals surface area contributed by atoms with E-state index in [4.69, 9.17) is 22.2 Å². The molecule has 0 saturated heterocycles. The molecule has 2 aromatic carbocycles. The third-order valence-corrected chi connectivity index (χ3v) is 6.22. The van der Waals surface area contributed by atoms with E-state index >= 15 is 0 Å². The highest BCUT2D eigenvalue weighted by Gasteiger charge is 2.62. The number of unbranched alkanes of at least 4 members (excludes halogenated alkanes) is 2. The van der Waals surface area contributed by atoms with Crippen LogP contribution in [0.3, 0.4) is 0 Å². The number of hydrogen-bond donors (Lipinski definition) is 1. The minimum atomic E-state index is -5.03. The molecule has 0 spiro atoms. The van der Waals surface area contributed by atoms with Crippen molar-refractivity contribution < 1.29 is 31.2 Å². The lowest BCUT2D eigenvalue weighted by molar-refractivity contribution is -0.276. The molecular formula is C22H20BrClF6N2O. The summed E-state index contributed by atoms with van der Waals surface area (Å²) in [4.78, 5) is 4.86. The Hall–Kier alpha value is -1.78. The molecule has 3 nitrogen and oxygen atoms in total. The van der Waals surface area contributed by atoms with Gasteiger partial charge < -0.3 is 10.6 Å². The van der Waals surface area contributed by atoms with Crippen LogP contribution in [0.25, 0.3) is 0 Å². The van der Waals surface area contributed by atoms with Gasteiger partial charge >= 0.3 is 12.4 Å². The summed E-state index contributed by atoms with van der Waals surface area (Å²) in [6, 6.07) is 6.89. The first-order chi connectivity index (χ1) is 15.4. The molecule has 2 N–H and O–H groups in total. The Kier molecular flexibility index (Phi) is 7.70. The van der Waals surface area contributed by atoms with Gasteiger partial charge in [-0.15, -0.1) is 0 Å². The van der Waals surface area contributed by atoms with E-state index in [-0.39, 0.29) is 10.2 Å². The van der Waals surface area contributed by atoms with E-state index in [2.05, 4.69) is 21.1 Å². The molecule has 1 heterocycles. The second-order valence-electron chi connectivity index (χ2n) is 7.76. The second kappa shape index (κ2) is 9.84. The highest BCUT2D eigenvalue weighted by Crippen LogP contribution is 2.50. The molecule has 1 aliphatic rings. The van der Waals surface area contributed by atoms with E-state index in [1.165, 1.54) is 6.07 Å². The summed E-state index contributed by atoms with van der Waals surface area (Å²) in [5.74, 6) is 0. The molecular weight excluding hydrogens is 538 g/mol. The normalized spacial score (nSPS) is 18.9. The van der Waals surface area contributed by atoms with Gasteiger partial charge in [-0.05, 0) is 55.6 Å². The molecule has 1 atom stereocenters. The fraction of sp³-hybridized carbons (Fsp3) is 0.409. The summed E-state index contributed by atoms with van der Waals surface area (Å²) in [5, 5.41) is 3.98. The first kappa shape index (κ1) is 25.8. The minimum absolute atomic E-state index is 0.0579. The molecule has 0 saturated carbocycles. The van der Waals surface area contributed by atoms with Crippen LogP contribution in [-0.2, 0) is 23.0 Å². The number of aryl methyl sites for hydroxylation is 1. The van der Waals surface area contributed by atoms with Crippen molar-refractivity contribution in [1.29, 1.82) is 0 Å². The molecule has 0 aliphatic carbocycles. The maximum Gasteiger partial charge on any atom is 0.435 e. The van der Waals surface area contributed by atoms with Crippen LogP contribution in [0.1, 0.15) is 47.9 Å². The smallest absolute Gasteiger partial charge is 0.374 e. The van der Waals surface area contributed by atoms with Crippen molar-refractivity contribution in [1.82, 2.24) is 0 Å². The molecule has 2 aromatic rings. The Morgan fingerprint density at radius 1 is 1.03 bits per heavy atom. The molecule has 0 amide bonds. The average Bonchev–Trinajstić information content (AvgIpc) is 3.18. The Morgan fingerprint density at radius 2 is 1.76 bits per heavy atom. The Balaban J connectivity index is 1.90. The van der Waals surface area contributed by atoms with Crippen LogP contribution < -0.4 is 5.73 Å². The van der Waals surface area contributed by atoms with Crippen LogP contribution >= 0.6 is 27.5 Å². The third-order valence-electron chi connectivity index (χ3n) is 5.41. The minimum Gasteiger partial charge on any atom is -0.374 e. The monoisotopic (exact) mass is 556 g/mol. The molecule has 0 fully saturated rings. The number of hydrogen-bond acceptors (Lipinski definition) is 3. The first-order valence-electron chi connectivity index (χ1n) is 10.1. The number of alkyl halides is 6. The molecule has 1 unspecified atom stereocenters. The Bertz CT molecular complexity index is 1040. The van der Waals surface area contributed by atoms with Gasteiger partial charge in [-0.2, -0.15) is 26.3 Å². The van der Waals surface area contributed by atoms with Crippen molar-refractivity contribution in [3.63, 3.8) is 0 Å². The van der Waals surface area contributed by atoms with E-state index < -0.39 is 35.5 Å². The molecule has 180 valence electrons. The summed E-state index contributed by atoms with van der Waals surface area (Å²) in [7, 11) is 0. The number of rotatable bonds is 7. The van der Waals surface area contributed by atoms with Gasteiger partial charge in [0.05, 0.1) is 11.3 Å². The zero-order chi connectivity index (χ0) is 24.4. The van der Waals surface area contributed by atoms with Gasteiger partial charge in [0.15, 0.2) is 0 Å². The SMILES string of the molecule is NCCCCCc1ccc(C2=NOC(c3cc(Br)cc(C(F)(F)F)c3)(C(F)(F)F)C2)cc1Cl. The van der Waals surface area contributed by atoms with Crippen molar-refractivity contribution in [2.75, 3.05) is 6.54 Å². The maximum atomic E-state index is 14.2. The topological polar surface area (TPSA) is 47.6 Å². The molecule has 11 heteroatoms. The number of nitrogens with two attached hydrogens (primary N) is 1. The van der Waals surface area contributed by atoms with Gasteiger partial charge in [0, 0.05) is 27.0 Å². The standard InChI is InChI=1S/C22H20BrClF6N2O/c23-17-10-15(9-16(11-17)21(25,26)27)20(22(28,29)30)12-19(32-33-20)14-6-5-13(18(24)8-14)4-2-1-3-7-31/h5-6,8-11H,1-4,7,12,31H2. The van der Waals surface area contributed by atoms with Crippen molar-refractivity contribution in [2.45, 2.75) is 50.1 Å². The summed E-state index contributed by atoms with van der Waals surface area (Å²) in [6.45, 7) is 0.593. The fourth-order valence-electron chi connectivity index (χ4n) is 3.61. The van der Waals surface area contributed by atoms with E-state index in [1.807, 2.05) is 0 Å². The summed E-state index contributed by atoms with van der Waals surface area (Å²) < 4.78 is 82.0. The maximum absolute atomic E-state index is 14.2. The number of oxime groups is 1. The molecule has 1 aliphatic heterocycles. The second-order valence-corrected chi connectivity index (χ2v) is 9.09. The quantitative estimate of drug-likeness (QED) is 0.285. The van der Waals surface area contributed by atoms with E-state index in [1.54, 1.807) is 12.1 Å². The zero-order valence-electron chi connectivity index (χ0n) is 17.2. The predicted molar refractivity (Wildman–Crippen MR) is 117 cm³/mol. The van der Waals surface area contributed by atoms with Crippen molar-refractivity contribution in [3.8, 4) is 0 Å². The largest absolute Gasteiger partial charge is 0.435 e. The van der Waals surface area contributed by atoms with Gasteiger partial charge in [-0.1, -0.05) is 51.2 Å². The molecule has 33 heavy (non-hydrogen) atoms. The highest BCUT2D eigenvalue weighted by atomic mass is 79.9. The van der Waals surface area contributed by atoms with Gasteiger partial charge in [0.1, 0.15) is 0 Å². The van der Waals surface area contributed by atoms with Crippen LogP contribution in [-0.4, -0.2) is 18.4 Å². The Labute approximate surface area is 200 Å². The highest BCUT2D eigenvalue weighted by molar-refractivity contribution is 9.10. The fourth-order valence-corrected chi connectivity index (χ4v) is 4.38. The molecule has 0 radical (unpaired) electrons. The average molecular weight is 558 g/mol. The van der Waals surface area contributed by atoms with Crippen molar-refractivity contribution in [2.24, 2.45) is 10.9 Å². The first-order valence-corrected chi connectivity index (χ1v) is 11.2. The van der Waals surface area contributed by atoms with Gasteiger partial charge in [0.25, 0.3) is 5.60 Å². The summed E-state index contributed by atoms with van der Waals surface area (Å²) in [6.07, 6.45) is -7.30. The lowest BCUT2D eigenvalue weighted by Crippen LogP contribution is -2.43. The number of nitrogens with zero attached hydrogens (tertiary/aromatic N) is 1. The lowest BCUT2D eigenvalue weighted by atomic mass is 9.85. The predicted octanol–water partition coefficient (Wildman–Crippen LogP) is 7.38. The van der Waals surface area contributed by atoms with Crippen LogP contribution in [0.15, 0.2) is 46.0 Å². The zero-order valence-corrected chi connectivity index (χ0v) is 19.5. The lowest BCUT2D eigenvalue weighted by Gasteiger charge is -2.30. The van der Waals surface area contributed by atoms with Crippen LogP contribution in [0.5, 0.6) is 0 Å². The van der Waals surface area contributed by atoms with E-state index in [0.717, 1.165) is 30.9 Å². The molecule has 0 bridgehead atoms. The third kappa shape index (κ3) is 5.66. The van der Waals surface area contributed by atoms with Crippen LogP contribution in [0.2, 0.25) is 5.02 Å². The van der Waals surface area contributed by atoms with E-state index in [0.29, 0.717) is 35.7 Å². The Morgan fingerprint density at radius 3 is 2.36 bits per heavy atom. The number of benzene rings is 2. The van der Waals surface area contributed by atoms with Crippen LogP contribution in [0.4, 0.5) is 26.3 Å². The molecule has 3 rings (SSSR count).